The lowest BCUT2D eigenvalue weighted by Crippen LogP contribution is -2.48. The van der Waals surface area contributed by atoms with Crippen molar-refractivity contribution in [3.8, 4) is 0 Å². The van der Waals surface area contributed by atoms with Crippen molar-refractivity contribution in [2.75, 3.05) is 18.9 Å². The third-order valence-electron chi connectivity index (χ3n) is 3.67. The number of nitrogen functional groups attached to an aromatic ring is 1. The van der Waals surface area contributed by atoms with E-state index in [-0.39, 0.29) is 33.8 Å². The molecule has 1 unspecified atom stereocenters. The third-order valence-corrected chi connectivity index (χ3v) is 6.18. The Balaban J connectivity index is 2.42. The van der Waals surface area contributed by atoms with Gasteiger partial charge in [-0.05, 0) is 38.3 Å². The molecular formula is C14H18Cl2N2O4S. The normalized spacial score (nSPS) is 19.5. The van der Waals surface area contributed by atoms with Crippen LogP contribution in [0.5, 0.6) is 0 Å². The molecule has 1 aliphatic rings. The molecule has 2 N–H and O–H groups in total. The highest BCUT2D eigenvalue weighted by Gasteiger charge is 2.38. The van der Waals surface area contributed by atoms with E-state index in [4.69, 9.17) is 33.7 Å². The molecule has 0 spiro atoms. The number of carbonyl (C=O) groups excluding carboxylic acids is 1. The van der Waals surface area contributed by atoms with Gasteiger partial charge in [-0.2, -0.15) is 4.31 Å². The summed E-state index contributed by atoms with van der Waals surface area (Å²) in [7, 11) is -3.93. The van der Waals surface area contributed by atoms with E-state index in [1.54, 1.807) is 6.92 Å². The molecule has 1 aromatic rings. The Bertz CT molecular complexity index is 686. The Labute approximate surface area is 145 Å². The van der Waals surface area contributed by atoms with E-state index in [0.29, 0.717) is 12.8 Å². The third kappa shape index (κ3) is 3.74. The van der Waals surface area contributed by atoms with Crippen molar-refractivity contribution in [2.45, 2.75) is 37.1 Å². The zero-order chi connectivity index (χ0) is 17.2. The van der Waals surface area contributed by atoms with Crippen molar-refractivity contribution in [3.05, 3.63) is 22.2 Å². The zero-order valence-electron chi connectivity index (χ0n) is 12.6. The van der Waals surface area contributed by atoms with Crippen LogP contribution in [0.4, 0.5) is 5.69 Å². The van der Waals surface area contributed by atoms with Gasteiger partial charge in [0.1, 0.15) is 6.04 Å². The van der Waals surface area contributed by atoms with E-state index in [1.807, 2.05) is 0 Å². The molecule has 0 bridgehead atoms. The molecule has 1 atom stereocenters. The molecule has 9 heteroatoms. The molecule has 2 rings (SSSR count). The molecule has 1 aromatic carbocycles. The number of nitrogens with two attached hydrogens (primary N) is 1. The topological polar surface area (TPSA) is 89.7 Å². The molecule has 0 aromatic heterocycles. The van der Waals surface area contributed by atoms with Crippen LogP contribution in [-0.2, 0) is 19.6 Å². The van der Waals surface area contributed by atoms with Gasteiger partial charge in [0.2, 0.25) is 10.0 Å². The molecular weight excluding hydrogens is 363 g/mol. The summed E-state index contributed by atoms with van der Waals surface area (Å²) in [5.41, 5.74) is 5.76. The summed E-state index contributed by atoms with van der Waals surface area (Å²) in [6.07, 6.45) is 1.86. The van der Waals surface area contributed by atoms with Crippen LogP contribution in [-0.4, -0.2) is 37.9 Å². The van der Waals surface area contributed by atoms with Crippen LogP contribution in [0.25, 0.3) is 0 Å². The molecule has 128 valence electrons. The summed E-state index contributed by atoms with van der Waals surface area (Å²) in [5.74, 6) is -0.539. The Kier molecular flexibility index (Phi) is 5.78. The average molecular weight is 381 g/mol. The van der Waals surface area contributed by atoms with Crippen molar-refractivity contribution in [1.82, 2.24) is 4.31 Å². The van der Waals surface area contributed by atoms with Crippen LogP contribution < -0.4 is 5.73 Å². The number of anilines is 1. The number of carbonyl (C=O) groups is 1. The van der Waals surface area contributed by atoms with E-state index in [1.165, 1.54) is 12.1 Å². The predicted molar refractivity (Wildman–Crippen MR) is 89.0 cm³/mol. The van der Waals surface area contributed by atoms with Crippen LogP contribution in [0, 0.1) is 0 Å². The first kappa shape index (κ1) is 18.3. The fraction of sp³-hybridized carbons (Fsp3) is 0.500. The number of halogens is 2. The standard InChI is InChI=1S/C14H18Cl2N2O4S/c1-2-22-14(19)12-5-3-4-6-18(12)23(20,21)9-7-10(15)13(17)11(16)8-9/h7-8,12H,2-6,17H2,1H3. The van der Waals surface area contributed by atoms with Crippen molar-refractivity contribution >= 4 is 44.9 Å². The second-order valence-electron chi connectivity index (χ2n) is 5.18. The first-order valence-corrected chi connectivity index (χ1v) is 9.41. The first-order valence-electron chi connectivity index (χ1n) is 7.22. The number of hydrogen-bond acceptors (Lipinski definition) is 5. The molecule has 6 nitrogen and oxygen atoms in total. The van der Waals surface area contributed by atoms with Gasteiger partial charge in [0.05, 0.1) is 27.2 Å². The van der Waals surface area contributed by atoms with Gasteiger partial charge in [-0.25, -0.2) is 8.42 Å². The number of sulfonamides is 1. The highest BCUT2D eigenvalue weighted by molar-refractivity contribution is 7.89. The molecule has 0 amide bonds. The quantitative estimate of drug-likeness (QED) is 0.640. The Hall–Kier alpha value is -1.02. The highest BCUT2D eigenvalue weighted by atomic mass is 35.5. The lowest BCUT2D eigenvalue weighted by atomic mass is 10.1. The van der Waals surface area contributed by atoms with Gasteiger partial charge in [0, 0.05) is 6.54 Å². The van der Waals surface area contributed by atoms with Crippen molar-refractivity contribution in [3.63, 3.8) is 0 Å². The number of nitrogens with zero attached hydrogens (tertiary/aromatic N) is 1. The summed E-state index contributed by atoms with van der Waals surface area (Å²) < 4.78 is 31.9. The van der Waals surface area contributed by atoms with E-state index >= 15 is 0 Å². The maximum atomic E-state index is 12.9. The van der Waals surface area contributed by atoms with Crippen LogP contribution >= 0.6 is 23.2 Å². The molecule has 1 saturated heterocycles. The molecule has 0 saturated carbocycles. The number of benzene rings is 1. The smallest absolute Gasteiger partial charge is 0.324 e. The van der Waals surface area contributed by atoms with Gasteiger partial charge in [0.15, 0.2) is 0 Å². The number of esters is 1. The summed E-state index contributed by atoms with van der Waals surface area (Å²) >= 11 is 11.9. The fourth-order valence-corrected chi connectivity index (χ4v) is 4.83. The van der Waals surface area contributed by atoms with Crippen molar-refractivity contribution in [1.29, 1.82) is 0 Å². The summed E-state index contributed by atoms with van der Waals surface area (Å²) in [5, 5.41) is 0.113. The van der Waals surface area contributed by atoms with Crippen molar-refractivity contribution < 1.29 is 17.9 Å². The minimum atomic E-state index is -3.93. The van der Waals surface area contributed by atoms with Gasteiger partial charge in [-0.3, -0.25) is 4.79 Å². The van der Waals surface area contributed by atoms with Gasteiger partial charge >= 0.3 is 5.97 Å². The zero-order valence-corrected chi connectivity index (χ0v) is 14.9. The number of ether oxygens (including phenoxy) is 1. The lowest BCUT2D eigenvalue weighted by Gasteiger charge is -2.33. The number of hydrogen-bond donors (Lipinski definition) is 1. The van der Waals surface area contributed by atoms with E-state index in [9.17, 15) is 13.2 Å². The summed E-state index contributed by atoms with van der Waals surface area (Å²) in [6.45, 7) is 2.12. The van der Waals surface area contributed by atoms with Crippen LogP contribution in [0.2, 0.25) is 10.0 Å². The second kappa shape index (κ2) is 7.25. The lowest BCUT2D eigenvalue weighted by molar-refractivity contribution is -0.148. The van der Waals surface area contributed by atoms with Crippen molar-refractivity contribution in [2.24, 2.45) is 0 Å². The molecule has 0 radical (unpaired) electrons. The van der Waals surface area contributed by atoms with Crippen LogP contribution in [0.1, 0.15) is 26.2 Å². The van der Waals surface area contributed by atoms with E-state index < -0.39 is 22.0 Å². The SMILES string of the molecule is CCOC(=O)C1CCCCN1S(=O)(=O)c1cc(Cl)c(N)c(Cl)c1. The van der Waals surface area contributed by atoms with Gasteiger partial charge in [-0.15, -0.1) is 0 Å². The van der Waals surface area contributed by atoms with E-state index in [0.717, 1.165) is 10.7 Å². The molecule has 1 fully saturated rings. The molecule has 23 heavy (non-hydrogen) atoms. The number of rotatable bonds is 4. The minimum Gasteiger partial charge on any atom is -0.465 e. The van der Waals surface area contributed by atoms with Crippen LogP contribution in [0.15, 0.2) is 17.0 Å². The molecule has 1 heterocycles. The van der Waals surface area contributed by atoms with Gasteiger partial charge < -0.3 is 10.5 Å². The Morgan fingerprint density at radius 1 is 1.35 bits per heavy atom. The Morgan fingerprint density at radius 2 is 1.96 bits per heavy atom. The van der Waals surface area contributed by atoms with E-state index in [2.05, 4.69) is 0 Å². The van der Waals surface area contributed by atoms with Gasteiger partial charge in [0.25, 0.3) is 0 Å². The number of piperidine rings is 1. The maximum absolute atomic E-state index is 12.9. The molecule has 0 aliphatic carbocycles. The summed E-state index contributed by atoms with van der Waals surface area (Å²) in [6, 6.07) is 1.66. The fourth-order valence-electron chi connectivity index (χ4n) is 2.51. The monoisotopic (exact) mass is 380 g/mol. The van der Waals surface area contributed by atoms with Crippen LogP contribution in [0.3, 0.4) is 0 Å². The average Bonchev–Trinajstić information content (AvgIpc) is 2.52. The first-order chi connectivity index (χ1) is 10.8. The largest absolute Gasteiger partial charge is 0.465 e. The second-order valence-corrected chi connectivity index (χ2v) is 7.88. The maximum Gasteiger partial charge on any atom is 0.324 e. The highest BCUT2D eigenvalue weighted by Crippen LogP contribution is 2.33. The minimum absolute atomic E-state index is 0.0563. The summed E-state index contributed by atoms with van der Waals surface area (Å²) in [4.78, 5) is 12.0. The Morgan fingerprint density at radius 3 is 2.52 bits per heavy atom. The van der Waals surface area contributed by atoms with Gasteiger partial charge in [-0.1, -0.05) is 23.2 Å². The predicted octanol–water partition coefficient (Wildman–Crippen LogP) is 2.68. The molecule has 1 aliphatic heterocycles.